The van der Waals surface area contributed by atoms with Crippen molar-refractivity contribution in [1.29, 1.82) is 0 Å². The van der Waals surface area contributed by atoms with Gasteiger partial charge in [-0.3, -0.25) is 9.59 Å². The van der Waals surface area contributed by atoms with Gasteiger partial charge in [-0.15, -0.1) is 23.5 Å². The van der Waals surface area contributed by atoms with Gasteiger partial charge in [0.05, 0.1) is 11.9 Å². The number of hydrogen-bond donors (Lipinski definition) is 0. The van der Waals surface area contributed by atoms with Crippen LogP contribution in [0.5, 0.6) is 0 Å². The minimum atomic E-state index is -0.821. The van der Waals surface area contributed by atoms with Gasteiger partial charge in [0, 0.05) is 11.5 Å². The SMILES string of the molecule is COC(=O)C(SCc1ccccc1)C(=O)C(C)(C)SCc1ccccc1. The molecule has 26 heavy (non-hydrogen) atoms. The Morgan fingerprint density at radius 1 is 0.923 bits per heavy atom. The van der Waals surface area contributed by atoms with Gasteiger partial charge < -0.3 is 4.74 Å². The molecule has 0 bridgehead atoms. The molecular weight excluding hydrogens is 364 g/mol. The summed E-state index contributed by atoms with van der Waals surface area (Å²) in [5.74, 6) is 0.721. The summed E-state index contributed by atoms with van der Waals surface area (Å²) >= 11 is 2.87. The molecule has 0 saturated carbocycles. The zero-order valence-corrected chi connectivity index (χ0v) is 16.9. The molecule has 1 unspecified atom stereocenters. The van der Waals surface area contributed by atoms with Gasteiger partial charge in [-0.05, 0) is 25.0 Å². The van der Waals surface area contributed by atoms with Crippen molar-refractivity contribution in [3.8, 4) is 0 Å². The molecule has 0 aromatic heterocycles. The number of hydrogen-bond acceptors (Lipinski definition) is 5. The normalized spacial score (nSPS) is 12.4. The lowest BCUT2D eigenvalue weighted by Gasteiger charge is -2.26. The molecule has 0 spiro atoms. The predicted molar refractivity (Wildman–Crippen MR) is 110 cm³/mol. The van der Waals surface area contributed by atoms with Gasteiger partial charge >= 0.3 is 5.97 Å². The van der Waals surface area contributed by atoms with E-state index in [1.54, 1.807) is 11.8 Å². The molecule has 0 N–H and O–H groups in total. The first-order valence-corrected chi connectivity index (χ1v) is 10.4. The van der Waals surface area contributed by atoms with Crippen molar-refractivity contribution >= 4 is 35.3 Å². The Balaban J connectivity index is 2.04. The van der Waals surface area contributed by atoms with Crippen molar-refractivity contribution in [2.75, 3.05) is 7.11 Å². The Hall–Kier alpha value is -1.72. The topological polar surface area (TPSA) is 43.4 Å². The van der Waals surface area contributed by atoms with Crippen LogP contribution < -0.4 is 0 Å². The molecule has 0 saturated heterocycles. The van der Waals surface area contributed by atoms with Crippen LogP contribution in [0.3, 0.4) is 0 Å². The summed E-state index contributed by atoms with van der Waals surface area (Å²) in [6.45, 7) is 3.75. The quantitative estimate of drug-likeness (QED) is 0.458. The number of rotatable bonds is 9. The van der Waals surface area contributed by atoms with Crippen LogP contribution in [0.2, 0.25) is 0 Å². The fraction of sp³-hybridized carbons (Fsp3) is 0.333. The molecule has 138 valence electrons. The largest absolute Gasteiger partial charge is 0.468 e. The molecule has 0 fully saturated rings. The highest BCUT2D eigenvalue weighted by molar-refractivity contribution is 8.02. The van der Waals surface area contributed by atoms with Crippen LogP contribution in [0.1, 0.15) is 25.0 Å². The van der Waals surface area contributed by atoms with Crippen LogP contribution in [-0.4, -0.2) is 28.9 Å². The average Bonchev–Trinajstić information content (AvgIpc) is 2.67. The van der Waals surface area contributed by atoms with Crippen molar-refractivity contribution in [1.82, 2.24) is 0 Å². The molecule has 2 rings (SSSR count). The molecule has 2 aromatic carbocycles. The number of Topliss-reactive ketones (excluding diaryl/α,β-unsaturated/α-hetero) is 1. The molecule has 2 aromatic rings. The van der Waals surface area contributed by atoms with Crippen molar-refractivity contribution in [2.24, 2.45) is 0 Å². The van der Waals surface area contributed by atoms with E-state index in [4.69, 9.17) is 4.74 Å². The van der Waals surface area contributed by atoms with E-state index >= 15 is 0 Å². The smallest absolute Gasteiger partial charge is 0.326 e. The van der Waals surface area contributed by atoms with E-state index in [0.29, 0.717) is 5.75 Å². The maximum atomic E-state index is 13.1. The van der Waals surface area contributed by atoms with Gasteiger partial charge in [0.1, 0.15) is 0 Å². The predicted octanol–water partition coefficient (Wildman–Crippen LogP) is 4.74. The number of methoxy groups -OCH3 is 1. The lowest BCUT2D eigenvalue weighted by atomic mass is 10.1. The number of carbonyl (C=O) groups is 2. The third-order valence-corrected chi connectivity index (χ3v) is 6.59. The Labute approximate surface area is 163 Å². The van der Waals surface area contributed by atoms with Crippen molar-refractivity contribution in [3.63, 3.8) is 0 Å². The summed E-state index contributed by atoms with van der Waals surface area (Å²) in [6, 6.07) is 19.8. The van der Waals surface area contributed by atoms with Crippen LogP contribution >= 0.6 is 23.5 Å². The first-order valence-electron chi connectivity index (χ1n) is 8.39. The van der Waals surface area contributed by atoms with Gasteiger partial charge in [0.25, 0.3) is 0 Å². The van der Waals surface area contributed by atoms with Crippen molar-refractivity contribution in [3.05, 3.63) is 71.8 Å². The average molecular weight is 389 g/mol. The second kappa shape index (κ2) is 9.83. The van der Waals surface area contributed by atoms with Gasteiger partial charge in [-0.2, -0.15) is 0 Å². The zero-order valence-electron chi connectivity index (χ0n) is 15.3. The van der Waals surface area contributed by atoms with Crippen LogP contribution in [-0.2, 0) is 25.8 Å². The maximum Gasteiger partial charge on any atom is 0.326 e. The van der Waals surface area contributed by atoms with Gasteiger partial charge in [0.15, 0.2) is 11.0 Å². The number of carbonyl (C=O) groups excluding carboxylic acids is 2. The van der Waals surface area contributed by atoms with E-state index < -0.39 is 16.0 Å². The zero-order chi connectivity index (χ0) is 19.0. The van der Waals surface area contributed by atoms with Crippen molar-refractivity contribution in [2.45, 2.75) is 35.4 Å². The summed E-state index contributed by atoms with van der Waals surface area (Å²) < 4.78 is 4.21. The van der Waals surface area contributed by atoms with Gasteiger partial charge in [-0.25, -0.2) is 0 Å². The van der Waals surface area contributed by atoms with Crippen molar-refractivity contribution < 1.29 is 14.3 Å². The van der Waals surface area contributed by atoms with Crippen LogP contribution in [0, 0.1) is 0 Å². The molecule has 0 heterocycles. The van der Waals surface area contributed by atoms with Gasteiger partial charge in [0.2, 0.25) is 0 Å². The molecule has 1 atom stereocenters. The molecule has 0 aliphatic rings. The second-order valence-electron chi connectivity index (χ2n) is 6.35. The van der Waals surface area contributed by atoms with Crippen LogP contribution in [0.15, 0.2) is 60.7 Å². The molecule has 0 aliphatic carbocycles. The van der Waals surface area contributed by atoms with Crippen LogP contribution in [0.4, 0.5) is 0 Å². The minimum absolute atomic E-state index is 0.105. The van der Waals surface area contributed by atoms with E-state index in [2.05, 4.69) is 0 Å². The van der Waals surface area contributed by atoms with Crippen LogP contribution in [0.25, 0.3) is 0 Å². The standard InChI is InChI=1S/C21H24O3S2/c1-21(2,26-15-17-12-8-5-9-13-17)19(22)18(20(23)24-3)25-14-16-10-6-4-7-11-16/h4-13,18H,14-15H2,1-3H3. The molecule has 5 heteroatoms. The Bertz CT molecular complexity index is 715. The lowest BCUT2D eigenvalue weighted by molar-refractivity contribution is -0.142. The van der Waals surface area contributed by atoms with Gasteiger partial charge in [-0.1, -0.05) is 60.7 Å². The summed E-state index contributed by atoms with van der Waals surface area (Å²) in [6.07, 6.45) is 0. The van der Waals surface area contributed by atoms with E-state index in [-0.39, 0.29) is 5.78 Å². The Kier molecular flexibility index (Phi) is 7.79. The summed E-state index contributed by atoms with van der Waals surface area (Å²) in [5, 5.41) is -0.821. The minimum Gasteiger partial charge on any atom is -0.468 e. The number of benzene rings is 2. The molecule has 0 radical (unpaired) electrons. The number of ketones is 1. The molecular formula is C21H24O3S2. The summed E-state index contributed by atoms with van der Waals surface area (Å²) in [4.78, 5) is 25.3. The number of esters is 1. The summed E-state index contributed by atoms with van der Waals surface area (Å²) in [5.41, 5.74) is 2.24. The highest BCUT2D eigenvalue weighted by Crippen LogP contribution is 2.34. The first-order chi connectivity index (χ1) is 12.4. The number of ether oxygens (including phenoxy) is 1. The maximum absolute atomic E-state index is 13.1. The summed E-state index contributed by atoms with van der Waals surface area (Å²) in [7, 11) is 1.33. The molecule has 3 nitrogen and oxygen atoms in total. The fourth-order valence-corrected chi connectivity index (χ4v) is 4.62. The fourth-order valence-electron chi connectivity index (χ4n) is 2.34. The Morgan fingerprint density at radius 2 is 1.42 bits per heavy atom. The third-order valence-electron chi connectivity index (χ3n) is 3.95. The van der Waals surface area contributed by atoms with E-state index in [1.807, 2.05) is 74.5 Å². The third kappa shape index (κ3) is 5.92. The highest BCUT2D eigenvalue weighted by atomic mass is 32.2. The first kappa shape index (κ1) is 20.6. The monoisotopic (exact) mass is 388 g/mol. The number of thioether (sulfide) groups is 2. The van der Waals surface area contributed by atoms with E-state index in [0.717, 1.165) is 16.9 Å². The molecule has 0 aliphatic heterocycles. The second-order valence-corrected chi connectivity index (χ2v) is 9.04. The Morgan fingerprint density at radius 3 is 1.92 bits per heavy atom. The molecule has 0 amide bonds. The lowest BCUT2D eigenvalue weighted by Crippen LogP contribution is -2.41. The van der Waals surface area contributed by atoms with E-state index in [9.17, 15) is 9.59 Å². The van der Waals surface area contributed by atoms with E-state index in [1.165, 1.54) is 18.9 Å². The highest BCUT2D eigenvalue weighted by Gasteiger charge is 2.39.